The normalized spacial score (nSPS) is 12.9. The summed E-state index contributed by atoms with van der Waals surface area (Å²) in [4.78, 5) is 3.23. The Labute approximate surface area is 97.0 Å². The lowest BCUT2D eigenvalue weighted by atomic mass is 10.3. The van der Waals surface area contributed by atoms with Crippen molar-refractivity contribution < 1.29 is 36.2 Å². The number of aromatic nitrogens is 1. The van der Waals surface area contributed by atoms with Crippen molar-refractivity contribution in [2.45, 2.75) is 25.1 Å². The summed E-state index contributed by atoms with van der Waals surface area (Å²) in [7, 11) is 0. The number of halogens is 6. The van der Waals surface area contributed by atoms with Gasteiger partial charge in [-0.05, 0) is 11.6 Å². The molecule has 1 aromatic rings. The molecule has 0 aliphatic carbocycles. The van der Waals surface area contributed by atoms with Gasteiger partial charge in [0.2, 0.25) is 5.88 Å². The second-order valence-corrected chi connectivity index (χ2v) is 3.24. The fraction of sp³-hybridized carbons (Fsp3) is 0.444. The summed E-state index contributed by atoms with van der Waals surface area (Å²) in [5, 5.41) is 8.63. The number of pyridine rings is 1. The Kier molecular flexibility index (Phi) is 4.05. The van der Waals surface area contributed by atoms with Crippen molar-refractivity contribution in [1.29, 1.82) is 0 Å². The van der Waals surface area contributed by atoms with Gasteiger partial charge >= 0.3 is 12.4 Å². The van der Waals surface area contributed by atoms with Gasteiger partial charge in [-0.15, -0.1) is 0 Å². The Morgan fingerprint density at radius 2 is 1.67 bits per heavy atom. The van der Waals surface area contributed by atoms with E-state index in [0.717, 1.165) is 18.3 Å². The van der Waals surface area contributed by atoms with Crippen LogP contribution in [0.2, 0.25) is 0 Å². The predicted molar refractivity (Wildman–Crippen MR) is 46.7 cm³/mol. The molecule has 0 saturated heterocycles. The largest absolute Gasteiger partial charge is 0.455 e. The first-order valence-electron chi connectivity index (χ1n) is 4.50. The first-order chi connectivity index (χ1) is 8.14. The highest BCUT2D eigenvalue weighted by molar-refractivity contribution is 5.17. The maximum Gasteiger partial charge on any atom is 0.434 e. The molecule has 102 valence electrons. The van der Waals surface area contributed by atoms with E-state index in [0.29, 0.717) is 0 Å². The molecular weight excluding hydrogens is 268 g/mol. The van der Waals surface area contributed by atoms with Crippen molar-refractivity contribution in [3.8, 4) is 5.88 Å². The summed E-state index contributed by atoms with van der Waals surface area (Å²) in [6.07, 6.45) is -14.2. The van der Waals surface area contributed by atoms with Crippen LogP contribution in [0.3, 0.4) is 0 Å². The van der Waals surface area contributed by atoms with E-state index >= 15 is 0 Å². The first-order valence-corrected chi connectivity index (χ1v) is 4.50. The Hall–Kier alpha value is -1.51. The van der Waals surface area contributed by atoms with Crippen LogP contribution in [0, 0.1) is 0 Å². The van der Waals surface area contributed by atoms with Crippen LogP contribution in [0.4, 0.5) is 26.3 Å². The molecular formula is C9H7F6NO2. The molecule has 0 fully saturated rings. The van der Waals surface area contributed by atoms with Gasteiger partial charge in [0.15, 0.2) is 0 Å². The third-order valence-electron chi connectivity index (χ3n) is 1.81. The number of rotatable bonds is 3. The number of aliphatic hydroxyl groups excluding tert-OH is 1. The van der Waals surface area contributed by atoms with Gasteiger partial charge < -0.3 is 9.84 Å². The average Bonchev–Trinajstić information content (AvgIpc) is 2.23. The zero-order valence-electron chi connectivity index (χ0n) is 8.59. The smallest absolute Gasteiger partial charge is 0.434 e. The topological polar surface area (TPSA) is 42.4 Å². The van der Waals surface area contributed by atoms with Gasteiger partial charge in [-0.25, -0.2) is 4.98 Å². The minimum Gasteiger partial charge on any atom is -0.455 e. The minimum atomic E-state index is -5.59. The molecule has 0 aliphatic heterocycles. The molecule has 0 radical (unpaired) electrons. The van der Waals surface area contributed by atoms with Gasteiger partial charge in [0, 0.05) is 12.3 Å². The van der Waals surface area contributed by atoms with Crippen LogP contribution in [-0.2, 0) is 6.61 Å². The second kappa shape index (κ2) is 5.01. The third kappa shape index (κ3) is 3.76. The Balaban J connectivity index is 2.90. The third-order valence-corrected chi connectivity index (χ3v) is 1.81. The van der Waals surface area contributed by atoms with Crippen LogP contribution in [0.25, 0.3) is 0 Å². The van der Waals surface area contributed by atoms with Gasteiger partial charge in [0.05, 0.1) is 6.61 Å². The van der Waals surface area contributed by atoms with E-state index in [9.17, 15) is 26.3 Å². The van der Waals surface area contributed by atoms with Gasteiger partial charge in [0.25, 0.3) is 6.10 Å². The summed E-state index contributed by atoms with van der Waals surface area (Å²) in [5.41, 5.74) is 0.234. The van der Waals surface area contributed by atoms with Crippen molar-refractivity contribution in [2.75, 3.05) is 0 Å². The number of nitrogens with zero attached hydrogens (tertiary/aromatic N) is 1. The summed E-state index contributed by atoms with van der Waals surface area (Å²) in [6, 6.07) is 1.92. The average molecular weight is 275 g/mol. The van der Waals surface area contributed by atoms with Crippen LogP contribution in [0.5, 0.6) is 5.88 Å². The van der Waals surface area contributed by atoms with Gasteiger partial charge in [-0.3, -0.25) is 0 Å². The van der Waals surface area contributed by atoms with Crippen LogP contribution in [-0.4, -0.2) is 28.5 Å². The van der Waals surface area contributed by atoms with Crippen LogP contribution < -0.4 is 4.74 Å². The first kappa shape index (κ1) is 14.6. The Morgan fingerprint density at radius 3 is 2.00 bits per heavy atom. The molecule has 18 heavy (non-hydrogen) atoms. The summed E-state index contributed by atoms with van der Waals surface area (Å²) >= 11 is 0. The lowest BCUT2D eigenvalue weighted by Crippen LogP contribution is -2.46. The molecule has 0 atom stereocenters. The van der Waals surface area contributed by atoms with Gasteiger partial charge in [-0.1, -0.05) is 0 Å². The molecule has 0 aromatic carbocycles. The molecule has 1 rings (SSSR count). The van der Waals surface area contributed by atoms with E-state index in [1.807, 2.05) is 0 Å². The number of hydrogen-bond donors (Lipinski definition) is 1. The molecule has 9 heteroatoms. The van der Waals surface area contributed by atoms with Crippen molar-refractivity contribution in [3.63, 3.8) is 0 Å². The van der Waals surface area contributed by atoms with Crippen molar-refractivity contribution >= 4 is 0 Å². The Morgan fingerprint density at radius 1 is 1.11 bits per heavy atom. The van der Waals surface area contributed by atoms with E-state index in [1.165, 1.54) is 0 Å². The Bertz CT molecular complexity index is 372. The van der Waals surface area contributed by atoms with Crippen LogP contribution in [0.15, 0.2) is 18.3 Å². The summed E-state index contributed by atoms with van der Waals surface area (Å²) in [5.74, 6) is -0.827. The lowest BCUT2D eigenvalue weighted by Gasteiger charge is -2.23. The lowest BCUT2D eigenvalue weighted by molar-refractivity contribution is -0.300. The molecule has 0 amide bonds. The fourth-order valence-corrected chi connectivity index (χ4v) is 1.01. The molecule has 0 bridgehead atoms. The van der Waals surface area contributed by atoms with Crippen molar-refractivity contribution in [1.82, 2.24) is 4.98 Å². The highest BCUT2D eigenvalue weighted by atomic mass is 19.4. The standard InChI is InChI=1S/C9H7F6NO2/c10-8(11,12)7(9(13,14)15)18-6-2-1-5(4-17)3-16-6/h1-3,7,17H,4H2. The number of hydrogen-bond acceptors (Lipinski definition) is 3. The van der Waals surface area contributed by atoms with Crippen LogP contribution in [0.1, 0.15) is 5.56 Å². The fourth-order valence-electron chi connectivity index (χ4n) is 1.01. The summed E-state index contributed by atoms with van der Waals surface area (Å²) in [6.45, 7) is -0.435. The molecule has 0 unspecified atom stereocenters. The van der Waals surface area contributed by atoms with Crippen LogP contribution >= 0.6 is 0 Å². The SMILES string of the molecule is OCc1ccc(OC(C(F)(F)F)C(F)(F)F)nc1. The monoisotopic (exact) mass is 275 g/mol. The highest BCUT2D eigenvalue weighted by Gasteiger charge is 2.59. The molecule has 1 heterocycles. The quantitative estimate of drug-likeness (QED) is 0.861. The van der Waals surface area contributed by atoms with E-state index in [2.05, 4.69) is 9.72 Å². The van der Waals surface area contributed by atoms with E-state index in [4.69, 9.17) is 5.11 Å². The maximum atomic E-state index is 12.1. The van der Waals surface area contributed by atoms with E-state index in [1.54, 1.807) is 0 Å². The highest BCUT2D eigenvalue weighted by Crippen LogP contribution is 2.35. The minimum absolute atomic E-state index is 0.234. The molecule has 0 spiro atoms. The van der Waals surface area contributed by atoms with E-state index in [-0.39, 0.29) is 5.56 Å². The molecule has 0 saturated carbocycles. The zero-order chi connectivity index (χ0) is 14.0. The molecule has 0 aliphatic rings. The summed E-state index contributed by atoms with van der Waals surface area (Å²) < 4.78 is 76.6. The number of ether oxygens (including phenoxy) is 1. The van der Waals surface area contributed by atoms with Gasteiger partial charge in [-0.2, -0.15) is 26.3 Å². The number of aliphatic hydroxyl groups is 1. The van der Waals surface area contributed by atoms with Crippen molar-refractivity contribution in [3.05, 3.63) is 23.9 Å². The molecule has 1 N–H and O–H groups in total. The predicted octanol–water partition coefficient (Wildman–Crippen LogP) is 2.45. The second-order valence-electron chi connectivity index (χ2n) is 3.24. The molecule has 3 nitrogen and oxygen atoms in total. The van der Waals surface area contributed by atoms with Crippen molar-refractivity contribution in [2.24, 2.45) is 0 Å². The molecule has 1 aromatic heterocycles. The van der Waals surface area contributed by atoms with Gasteiger partial charge in [0.1, 0.15) is 0 Å². The zero-order valence-corrected chi connectivity index (χ0v) is 8.59. The maximum absolute atomic E-state index is 12.1. The number of alkyl halides is 6. The van der Waals surface area contributed by atoms with E-state index < -0.39 is 30.9 Å².